The second-order valence-corrected chi connectivity index (χ2v) is 6.15. The fourth-order valence-corrected chi connectivity index (χ4v) is 3.41. The lowest BCUT2D eigenvalue weighted by Crippen LogP contribution is -2.13. The van der Waals surface area contributed by atoms with Crippen LogP contribution in [0.25, 0.3) is 0 Å². The van der Waals surface area contributed by atoms with Crippen molar-refractivity contribution in [1.82, 2.24) is 0 Å². The van der Waals surface area contributed by atoms with Crippen LogP contribution in [0.5, 0.6) is 5.75 Å². The molecule has 2 rings (SSSR count). The van der Waals surface area contributed by atoms with Gasteiger partial charge >= 0.3 is 5.97 Å². The van der Waals surface area contributed by atoms with Crippen LogP contribution in [0.2, 0.25) is 0 Å². The largest absolute Gasteiger partial charge is 0.492 e. The molecule has 0 atom stereocenters. The average molecular weight is 362 g/mol. The number of benzene rings is 1. The molecule has 2 amide bonds. The molecule has 0 unspecified atom stereocenters. The summed E-state index contributed by atoms with van der Waals surface area (Å²) in [5, 5.41) is 14.7. The van der Waals surface area contributed by atoms with E-state index in [0.29, 0.717) is 23.6 Å². The topological polar surface area (TPSA) is 105 Å². The number of ether oxygens (including phenoxy) is 1. The molecule has 3 N–H and O–H groups in total. The molecule has 0 spiro atoms. The highest BCUT2D eigenvalue weighted by Gasteiger charge is 2.25. The Morgan fingerprint density at radius 2 is 1.88 bits per heavy atom. The first-order valence-corrected chi connectivity index (χ1v) is 8.34. The maximum absolute atomic E-state index is 12.6. The second-order valence-electron chi connectivity index (χ2n) is 5.13. The van der Waals surface area contributed by atoms with Gasteiger partial charge in [-0.05, 0) is 31.5 Å². The van der Waals surface area contributed by atoms with Gasteiger partial charge in [-0.15, -0.1) is 11.3 Å². The number of carbonyl (C=O) groups excluding carboxylic acids is 2. The standard InChI is InChI=1S/C17H18N2O5S/c1-4-24-12-8-6-5-7-11(12)19-15(21)14-9(2)13(17(22)23)16(25-14)18-10(3)20/h5-8H,4H2,1-3H3,(H,18,20)(H,19,21)(H,22,23). The monoisotopic (exact) mass is 362 g/mol. The predicted molar refractivity (Wildman–Crippen MR) is 95.9 cm³/mol. The van der Waals surface area contributed by atoms with Crippen molar-refractivity contribution in [2.75, 3.05) is 17.2 Å². The highest BCUT2D eigenvalue weighted by atomic mass is 32.1. The zero-order valence-corrected chi connectivity index (χ0v) is 14.8. The predicted octanol–water partition coefficient (Wildman–Crippen LogP) is 3.36. The molecule has 0 fully saturated rings. The Labute approximate surface area is 148 Å². The third kappa shape index (κ3) is 4.16. The van der Waals surface area contributed by atoms with E-state index in [4.69, 9.17) is 4.74 Å². The first kappa shape index (κ1) is 18.5. The maximum Gasteiger partial charge on any atom is 0.339 e. The van der Waals surface area contributed by atoms with Crippen LogP contribution in [0.15, 0.2) is 24.3 Å². The van der Waals surface area contributed by atoms with Crippen LogP contribution in [-0.2, 0) is 4.79 Å². The molecule has 0 saturated carbocycles. The third-order valence-electron chi connectivity index (χ3n) is 3.29. The molecular formula is C17H18N2O5S. The minimum absolute atomic E-state index is 0.0801. The summed E-state index contributed by atoms with van der Waals surface area (Å²) in [5.74, 6) is -1.55. The SMILES string of the molecule is CCOc1ccccc1NC(=O)c1sc(NC(C)=O)c(C(=O)O)c1C. The molecule has 0 aliphatic heterocycles. The van der Waals surface area contributed by atoms with E-state index < -0.39 is 17.8 Å². The van der Waals surface area contributed by atoms with Gasteiger partial charge in [0.2, 0.25) is 5.91 Å². The Balaban J connectivity index is 2.37. The number of thiophene rings is 1. The molecule has 2 aromatic rings. The summed E-state index contributed by atoms with van der Waals surface area (Å²) in [7, 11) is 0. The van der Waals surface area contributed by atoms with Crippen LogP contribution in [0.1, 0.15) is 39.4 Å². The fraction of sp³-hybridized carbons (Fsp3) is 0.235. The van der Waals surface area contributed by atoms with Crippen molar-refractivity contribution in [2.45, 2.75) is 20.8 Å². The Morgan fingerprint density at radius 1 is 1.20 bits per heavy atom. The van der Waals surface area contributed by atoms with Crippen molar-refractivity contribution in [3.63, 3.8) is 0 Å². The summed E-state index contributed by atoms with van der Waals surface area (Å²) in [6, 6.07) is 6.96. The van der Waals surface area contributed by atoms with Gasteiger partial charge < -0.3 is 20.5 Å². The van der Waals surface area contributed by atoms with Crippen molar-refractivity contribution in [2.24, 2.45) is 0 Å². The average Bonchev–Trinajstić information content (AvgIpc) is 2.85. The summed E-state index contributed by atoms with van der Waals surface area (Å²) >= 11 is 0.924. The van der Waals surface area contributed by atoms with Gasteiger partial charge in [0, 0.05) is 6.92 Å². The Bertz CT molecular complexity index is 828. The number of rotatable bonds is 6. The first-order chi connectivity index (χ1) is 11.8. The Kier molecular flexibility index (Phi) is 5.76. The number of amides is 2. The van der Waals surface area contributed by atoms with Crippen molar-refractivity contribution in [3.05, 3.63) is 40.3 Å². The van der Waals surface area contributed by atoms with Crippen LogP contribution in [-0.4, -0.2) is 29.5 Å². The fourth-order valence-electron chi connectivity index (χ4n) is 2.27. The molecule has 1 aromatic heterocycles. The molecule has 8 heteroatoms. The van der Waals surface area contributed by atoms with Crippen molar-refractivity contribution >= 4 is 39.8 Å². The van der Waals surface area contributed by atoms with Crippen LogP contribution in [0.3, 0.4) is 0 Å². The molecule has 0 saturated heterocycles. The molecule has 1 aromatic carbocycles. The number of carboxylic acid groups (broad SMARTS) is 1. The van der Waals surface area contributed by atoms with E-state index in [1.54, 1.807) is 24.3 Å². The molecule has 0 radical (unpaired) electrons. The van der Waals surface area contributed by atoms with E-state index >= 15 is 0 Å². The molecule has 1 heterocycles. The second kappa shape index (κ2) is 7.80. The number of para-hydroxylation sites is 2. The van der Waals surface area contributed by atoms with Gasteiger partial charge in [-0.25, -0.2) is 4.79 Å². The lowest BCUT2D eigenvalue weighted by molar-refractivity contribution is -0.114. The lowest BCUT2D eigenvalue weighted by Gasteiger charge is -2.10. The zero-order valence-electron chi connectivity index (χ0n) is 14.0. The molecular weight excluding hydrogens is 344 g/mol. The highest BCUT2D eigenvalue weighted by molar-refractivity contribution is 7.18. The summed E-state index contributed by atoms with van der Waals surface area (Å²) in [5.41, 5.74) is 0.705. The van der Waals surface area contributed by atoms with Crippen molar-refractivity contribution < 1.29 is 24.2 Å². The van der Waals surface area contributed by atoms with Gasteiger partial charge in [0.25, 0.3) is 5.91 Å². The van der Waals surface area contributed by atoms with Gasteiger partial charge in [-0.2, -0.15) is 0 Å². The molecule has 132 valence electrons. The number of hydrogen-bond acceptors (Lipinski definition) is 5. The van der Waals surface area contributed by atoms with Gasteiger partial charge in [0.15, 0.2) is 0 Å². The van der Waals surface area contributed by atoms with Crippen LogP contribution in [0.4, 0.5) is 10.7 Å². The lowest BCUT2D eigenvalue weighted by atomic mass is 10.1. The molecule has 25 heavy (non-hydrogen) atoms. The normalized spacial score (nSPS) is 10.2. The summed E-state index contributed by atoms with van der Waals surface area (Å²) in [4.78, 5) is 35.6. The van der Waals surface area contributed by atoms with Crippen molar-refractivity contribution in [3.8, 4) is 5.75 Å². The number of carboxylic acids is 1. The van der Waals surface area contributed by atoms with Gasteiger partial charge in [0.05, 0.1) is 22.7 Å². The van der Waals surface area contributed by atoms with Crippen LogP contribution >= 0.6 is 11.3 Å². The van der Waals surface area contributed by atoms with Crippen LogP contribution in [0, 0.1) is 6.92 Å². The smallest absolute Gasteiger partial charge is 0.339 e. The Morgan fingerprint density at radius 3 is 2.48 bits per heavy atom. The maximum atomic E-state index is 12.6. The van der Waals surface area contributed by atoms with E-state index in [9.17, 15) is 19.5 Å². The summed E-state index contributed by atoms with van der Waals surface area (Å²) < 4.78 is 5.46. The van der Waals surface area contributed by atoms with E-state index in [0.717, 1.165) is 11.3 Å². The van der Waals surface area contributed by atoms with Gasteiger partial charge in [0.1, 0.15) is 10.8 Å². The molecule has 0 aliphatic carbocycles. The van der Waals surface area contributed by atoms with E-state index in [-0.39, 0.29) is 15.4 Å². The number of nitrogens with one attached hydrogen (secondary N) is 2. The van der Waals surface area contributed by atoms with Crippen molar-refractivity contribution in [1.29, 1.82) is 0 Å². The summed E-state index contributed by atoms with van der Waals surface area (Å²) in [6.45, 7) is 5.09. The Hall–Kier alpha value is -2.87. The van der Waals surface area contributed by atoms with Gasteiger partial charge in [-0.3, -0.25) is 9.59 Å². The highest BCUT2D eigenvalue weighted by Crippen LogP contribution is 2.34. The molecule has 7 nitrogen and oxygen atoms in total. The minimum Gasteiger partial charge on any atom is -0.492 e. The number of anilines is 2. The van der Waals surface area contributed by atoms with E-state index in [1.165, 1.54) is 13.8 Å². The quantitative estimate of drug-likeness (QED) is 0.731. The minimum atomic E-state index is -1.20. The number of hydrogen-bond donors (Lipinski definition) is 3. The molecule has 0 aliphatic rings. The van der Waals surface area contributed by atoms with E-state index in [1.807, 2.05) is 6.92 Å². The zero-order chi connectivity index (χ0) is 18.6. The summed E-state index contributed by atoms with van der Waals surface area (Å²) in [6.07, 6.45) is 0. The third-order valence-corrected chi connectivity index (χ3v) is 4.50. The molecule has 0 bridgehead atoms. The van der Waals surface area contributed by atoms with Gasteiger partial charge in [-0.1, -0.05) is 12.1 Å². The van der Waals surface area contributed by atoms with E-state index in [2.05, 4.69) is 10.6 Å². The first-order valence-electron chi connectivity index (χ1n) is 7.52. The van der Waals surface area contributed by atoms with Crippen LogP contribution < -0.4 is 15.4 Å². The number of aromatic carboxylic acids is 1. The number of carbonyl (C=O) groups is 3.